The Bertz CT molecular complexity index is 1350. The van der Waals surface area contributed by atoms with Crippen molar-refractivity contribution in [2.75, 3.05) is 17.2 Å². The van der Waals surface area contributed by atoms with Crippen LogP contribution < -0.4 is 15.4 Å². The SMILES string of the molecule is Cc1ccn(-c2ccc(CNc3nc(Nc4cccc(C(F)(F)F)c4)nc(OCC(F)(F)F)n3)cc2)n1. The first kappa shape index (κ1) is 25.7. The summed E-state index contributed by atoms with van der Waals surface area (Å²) in [6.45, 7) is 0.393. The molecule has 0 saturated carbocycles. The molecule has 14 heteroatoms. The van der Waals surface area contributed by atoms with E-state index in [9.17, 15) is 26.3 Å². The van der Waals surface area contributed by atoms with Gasteiger partial charge in [0, 0.05) is 18.4 Å². The molecule has 2 heterocycles. The summed E-state index contributed by atoms with van der Waals surface area (Å²) in [5.41, 5.74) is 1.52. The van der Waals surface area contributed by atoms with Gasteiger partial charge in [-0.2, -0.15) is 46.4 Å². The van der Waals surface area contributed by atoms with Gasteiger partial charge in [0.2, 0.25) is 11.9 Å². The van der Waals surface area contributed by atoms with Crippen LogP contribution in [0.25, 0.3) is 5.69 Å². The number of hydrogen-bond donors (Lipinski definition) is 2. The van der Waals surface area contributed by atoms with Crippen molar-refractivity contribution >= 4 is 17.6 Å². The zero-order valence-corrected chi connectivity index (χ0v) is 19.1. The van der Waals surface area contributed by atoms with Gasteiger partial charge >= 0.3 is 18.4 Å². The number of aryl methyl sites for hydroxylation is 1. The second kappa shape index (κ2) is 10.3. The standard InChI is InChI=1S/C23H19F6N7O/c1-14-9-10-36(35-14)18-7-5-15(6-8-18)12-30-19-32-20(34-21(33-19)37-13-22(24,25)26)31-17-4-2-3-16(11-17)23(27,28)29/h2-11H,12-13H2,1H3,(H2,30,31,32,33,34). The number of hydrogen-bond acceptors (Lipinski definition) is 7. The van der Waals surface area contributed by atoms with Crippen molar-refractivity contribution in [3.63, 3.8) is 0 Å². The van der Waals surface area contributed by atoms with Crippen LogP contribution in [-0.2, 0) is 12.7 Å². The van der Waals surface area contributed by atoms with Gasteiger partial charge in [-0.1, -0.05) is 18.2 Å². The quantitative estimate of drug-likeness (QED) is 0.287. The predicted octanol–water partition coefficient (Wildman–Crippen LogP) is 5.68. The van der Waals surface area contributed by atoms with Gasteiger partial charge in [-0.15, -0.1) is 0 Å². The summed E-state index contributed by atoms with van der Waals surface area (Å²) in [6.07, 6.45) is -7.42. The highest BCUT2D eigenvalue weighted by molar-refractivity contribution is 5.56. The van der Waals surface area contributed by atoms with Crippen molar-refractivity contribution in [1.82, 2.24) is 24.7 Å². The van der Waals surface area contributed by atoms with Crippen molar-refractivity contribution in [1.29, 1.82) is 0 Å². The van der Waals surface area contributed by atoms with Crippen molar-refractivity contribution in [2.45, 2.75) is 25.8 Å². The van der Waals surface area contributed by atoms with Crippen LogP contribution in [0.4, 0.5) is 43.9 Å². The minimum Gasteiger partial charge on any atom is -0.454 e. The molecule has 0 aliphatic heterocycles. The van der Waals surface area contributed by atoms with Crippen LogP contribution in [0.3, 0.4) is 0 Å². The summed E-state index contributed by atoms with van der Waals surface area (Å²) in [5.74, 6) is -0.452. The van der Waals surface area contributed by atoms with Gasteiger partial charge in [0.1, 0.15) is 0 Å². The number of benzene rings is 2. The molecule has 0 aliphatic carbocycles. The molecule has 0 amide bonds. The van der Waals surface area contributed by atoms with Gasteiger partial charge in [0.25, 0.3) is 0 Å². The van der Waals surface area contributed by atoms with Gasteiger partial charge in [-0.05, 0) is 48.9 Å². The van der Waals surface area contributed by atoms with Crippen molar-refractivity contribution in [3.05, 3.63) is 77.6 Å². The van der Waals surface area contributed by atoms with E-state index in [4.69, 9.17) is 0 Å². The third kappa shape index (κ3) is 7.32. The average molecular weight is 523 g/mol. The largest absolute Gasteiger partial charge is 0.454 e. The highest BCUT2D eigenvalue weighted by atomic mass is 19.4. The molecule has 8 nitrogen and oxygen atoms in total. The van der Waals surface area contributed by atoms with E-state index in [1.807, 2.05) is 43.5 Å². The fourth-order valence-electron chi connectivity index (χ4n) is 3.11. The summed E-state index contributed by atoms with van der Waals surface area (Å²) < 4.78 is 83.3. The summed E-state index contributed by atoms with van der Waals surface area (Å²) in [7, 11) is 0. The molecule has 0 atom stereocenters. The third-order valence-corrected chi connectivity index (χ3v) is 4.80. The minimum atomic E-state index is -4.65. The third-order valence-electron chi connectivity index (χ3n) is 4.80. The van der Waals surface area contributed by atoms with Crippen LogP contribution in [0.15, 0.2) is 60.8 Å². The molecule has 4 rings (SSSR count). The lowest BCUT2D eigenvalue weighted by molar-refractivity contribution is -0.154. The fraction of sp³-hybridized carbons (Fsp3) is 0.217. The molecule has 0 spiro atoms. The zero-order valence-electron chi connectivity index (χ0n) is 19.1. The molecule has 2 aromatic heterocycles. The maximum absolute atomic E-state index is 13.0. The Balaban J connectivity index is 1.52. The smallest absolute Gasteiger partial charge is 0.422 e. The number of halogens is 6. The van der Waals surface area contributed by atoms with Crippen LogP contribution in [0.1, 0.15) is 16.8 Å². The summed E-state index contributed by atoms with van der Waals surface area (Å²) >= 11 is 0. The molecule has 0 radical (unpaired) electrons. The molecule has 0 aliphatic rings. The Morgan fingerprint density at radius 3 is 2.27 bits per heavy atom. The van der Waals surface area contributed by atoms with Gasteiger partial charge in [0.05, 0.1) is 16.9 Å². The second-order valence-electron chi connectivity index (χ2n) is 7.79. The van der Waals surface area contributed by atoms with Gasteiger partial charge in [0.15, 0.2) is 6.61 Å². The lowest BCUT2D eigenvalue weighted by Gasteiger charge is -2.13. The lowest BCUT2D eigenvalue weighted by atomic mass is 10.2. The normalized spacial score (nSPS) is 11.9. The summed E-state index contributed by atoms with van der Waals surface area (Å²) in [6, 6.07) is 12.7. The number of anilines is 3. The molecular formula is C23H19F6N7O. The Labute approximate surface area is 206 Å². The first-order valence-corrected chi connectivity index (χ1v) is 10.7. The Morgan fingerprint density at radius 1 is 0.892 bits per heavy atom. The molecule has 2 aromatic carbocycles. The number of nitrogens with one attached hydrogen (secondary N) is 2. The van der Waals surface area contributed by atoms with E-state index in [0.717, 1.165) is 29.1 Å². The Hall–Kier alpha value is -4.36. The van der Waals surface area contributed by atoms with Crippen molar-refractivity contribution in [2.24, 2.45) is 0 Å². The molecule has 37 heavy (non-hydrogen) atoms. The number of alkyl halides is 6. The first-order chi connectivity index (χ1) is 17.4. The number of nitrogens with zero attached hydrogens (tertiary/aromatic N) is 5. The summed E-state index contributed by atoms with van der Waals surface area (Å²) in [4.78, 5) is 11.6. The molecule has 0 unspecified atom stereocenters. The molecule has 0 bridgehead atoms. The first-order valence-electron chi connectivity index (χ1n) is 10.7. The number of ether oxygens (including phenoxy) is 1. The second-order valence-corrected chi connectivity index (χ2v) is 7.79. The summed E-state index contributed by atoms with van der Waals surface area (Å²) in [5, 5.41) is 9.73. The highest BCUT2D eigenvalue weighted by Gasteiger charge is 2.31. The van der Waals surface area contributed by atoms with E-state index >= 15 is 0 Å². The molecule has 2 N–H and O–H groups in total. The van der Waals surface area contributed by atoms with Crippen molar-refractivity contribution < 1.29 is 31.1 Å². The van der Waals surface area contributed by atoms with E-state index in [2.05, 4.69) is 35.4 Å². The van der Waals surface area contributed by atoms with Gasteiger partial charge in [-0.3, -0.25) is 0 Å². The van der Waals surface area contributed by atoms with Gasteiger partial charge in [-0.25, -0.2) is 4.68 Å². The van der Waals surface area contributed by atoms with E-state index < -0.39 is 30.5 Å². The minimum absolute atomic E-state index is 0.0295. The van der Waals surface area contributed by atoms with Crippen LogP contribution in [-0.4, -0.2) is 37.5 Å². The van der Waals surface area contributed by atoms with Crippen LogP contribution in [0, 0.1) is 6.92 Å². The molecule has 4 aromatic rings. The molecule has 0 saturated heterocycles. The average Bonchev–Trinajstić information content (AvgIpc) is 3.27. The highest BCUT2D eigenvalue weighted by Crippen LogP contribution is 2.31. The zero-order chi connectivity index (χ0) is 26.6. The predicted molar refractivity (Wildman–Crippen MR) is 122 cm³/mol. The van der Waals surface area contributed by atoms with Crippen LogP contribution >= 0.6 is 0 Å². The van der Waals surface area contributed by atoms with Crippen LogP contribution in [0.2, 0.25) is 0 Å². The van der Waals surface area contributed by atoms with Crippen LogP contribution in [0.5, 0.6) is 6.01 Å². The lowest BCUT2D eigenvalue weighted by Crippen LogP contribution is -2.21. The topological polar surface area (TPSA) is 89.8 Å². The van der Waals surface area contributed by atoms with E-state index in [-0.39, 0.29) is 24.1 Å². The number of aromatic nitrogens is 5. The Morgan fingerprint density at radius 2 is 1.62 bits per heavy atom. The van der Waals surface area contributed by atoms with Gasteiger partial charge < -0.3 is 15.4 Å². The monoisotopic (exact) mass is 523 g/mol. The van der Waals surface area contributed by atoms with E-state index in [1.165, 1.54) is 12.1 Å². The van der Waals surface area contributed by atoms with Crippen molar-refractivity contribution in [3.8, 4) is 11.7 Å². The fourth-order valence-corrected chi connectivity index (χ4v) is 3.11. The maximum Gasteiger partial charge on any atom is 0.422 e. The van der Waals surface area contributed by atoms with E-state index in [0.29, 0.717) is 0 Å². The Kier molecular flexibility index (Phi) is 7.18. The molecular weight excluding hydrogens is 504 g/mol. The molecule has 0 fully saturated rings. The number of rotatable bonds is 8. The maximum atomic E-state index is 13.0. The van der Waals surface area contributed by atoms with E-state index in [1.54, 1.807) is 4.68 Å². The molecule has 194 valence electrons.